The fourth-order valence-corrected chi connectivity index (χ4v) is 17.8. The molecule has 4 heterocycles. The van der Waals surface area contributed by atoms with Gasteiger partial charge in [0, 0.05) is 24.0 Å². The van der Waals surface area contributed by atoms with E-state index in [1.807, 2.05) is 79.7 Å². The van der Waals surface area contributed by atoms with Crippen molar-refractivity contribution in [2.24, 2.45) is 0 Å². The number of benzene rings is 8. The van der Waals surface area contributed by atoms with Crippen LogP contribution in [0.3, 0.4) is 0 Å². The molecule has 4 aliphatic rings. The van der Waals surface area contributed by atoms with Crippen molar-refractivity contribution in [1.82, 2.24) is 0 Å². The summed E-state index contributed by atoms with van der Waals surface area (Å²) in [4.78, 5) is 0. The van der Waals surface area contributed by atoms with Crippen molar-refractivity contribution in [3.8, 4) is 44.5 Å². The molecule has 4 saturated heterocycles. The lowest BCUT2D eigenvalue weighted by Crippen LogP contribution is -2.41. The van der Waals surface area contributed by atoms with Crippen LogP contribution in [0.5, 0.6) is 0 Å². The zero-order chi connectivity index (χ0) is 93.8. The first-order valence-electron chi connectivity index (χ1n) is 48.6. The van der Waals surface area contributed by atoms with E-state index in [-0.39, 0.29) is 59.0 Å². The van der Waals surface area contributed by atoms with Gasteiger partial charge in [0.15, 0.2) is 0 Å². The van der Waals surface area contributed by atoms with Crippen molar-refractivity contribution in [2.75, 3.05) is 0 Å². The van der Waals surface area contributed by atoms with E-state index in [1.165, 1.54) is 254 Å². The Hall–Kier alpha value is -4.49. The Balaban J connectivity index is 0.000000217. The largest absolute Gasteiger partial charge is 0.494 e. The van der Waals surface area contributed by atoms with Gasteiger partial charge in [0.25, 0.3) is 0 Å². The molecule has 20 heteroatoms. The van der Waals surface area contributed by atoms with Crippen LogP contribution in [0.2, 0.25) is 15.1 Å². The lowest BCUT2D eigenvalue weighted by molar-refractivity contribution is 0.00578. The molecule has 2 N–H and O–H groups in total. The average Bonchev–Trinajstić information content (AvgIpc) is 1.57. The fraction of sp³-hybridized carbons (Fsp3) is 0.556. The van der Waals surface area contributed by atoms with E-state index in [0.29, 0.717) is 10.5 Å². The summed E-state index contributed by atoms with van der Waals surface area (Å²) in [6.45, 7) is 46.7. The van der Waals surface area contributed by atoms with Crippen LogP contribution in [-0.4, -0.2) is 90.2 Å². The fourth-order valence-electron chi connectivity index (χ4n) is 16.2. The zero-order valence-corrected chi connectivity index (χ0v) is 87.6. The van der Waals surface area contributed by atoms with Crippen LogP contribution in [-0.2, 0) is 75.8 Å². The van der Waals surface area contributed by atoms with E-state index in [9.17, 15) is 0 Å². The Labute approximate surface area is 808 Å². The summed E-state index contributed by atoms with van der Waals surface area (Å²) in [6, 6.07) is 55.4. The number of aryl methyl sites for hydroxylation is 6. The van der Waals surface area contributed by atoms with E-state index >= 15 is 0 Å². The first-order valence-corrected chi connectivity index (χ1v) is 51.3. The Kier molecular flexibility index (Phi) is 43.3. The third kappa shape index (κ3) is 31.3. The van der Waals surface area contributed by atoms with Crippen molar-refractivity contribution >= 4 is 118 Å². The van der Waals surface area contributed by atoms with Gasteiger partial charge >= 0.3 is 35.4 Å². The topological polar surface area (TPSA) is 114 Å². The minimum absolute atomic E-state index is 0.353. The van der Waals surface area contributed by atoms with Gasteiger partial charge in [0.2, 0.25) is 0 Å². The normalized spacial score (nSPS) is 17.0. The highest BCUT2D eigenvalue weighted by Crippen LogP contribution is 2.45. The summed E-state index contributed by atoms with van der Waals surface area (Å²) >= 11 is 25.4. The van der Waals surface area contributed by atoms with Gasteiger partial charge in [0.1, 0.15) is 0 Å². The summed E-state index contributed by atoms with van der Waals surface area (Å²) in [5.41, 5.74) is 18.8. The third-order valence-electron chi connectivity index (χ3n) is 27.4. The van der Waals surface area contributed by atoms with Crippen molar-refractivity contribution in [3.05, 3.63) is 215 Å². The Morgan fingerprint density at radius 3 is 0.664 bits per heavy atom. The third-order valence-corrected chi connectivity index (χ3v) is 29.6. The van der Waals surface area contributed by atoms with Crippen molar-refractivity contribution < 1.29 is 47.3 Å². The molecule has 0 atom stereocenters. The van der Waals surface area contributed by atoms with Crippen LogP contribution in [0.15, 0.2) is 167 Å². The van der Waals surface area contributed by atoms with Crippen molar-refractivity contribution in [1.29, 1.82) is 0 Å². The van der Waals surface area contributed by atoms with Crippen molar-refractivity contribution in [2.45, 2.75) is 390 Å². The standard InChI is InChI=1S/C42H60B2O4.C30H36Cl2.C18H28Br2.C12H24B2O4.C6H6BClO2/c1-11-13-15-17-19-33-29-38(32-23-27-36(28-24-32)44-47-41(7,8)42(9,10)48-44)34(20-18-16-14-12-2)30-37(33)31-21-25-35(26-22-31)43-45-39(3,4)40(5,6)46-43;1-3-5-7-9-11-25-21-30(24-15-19-28(32)20-16-24)26(12-10-8-6-4-2)22-29(25)23-13-17-27(31)18-14-23;1-3-5-7-9-11-15-13-18(20)16(14-17(15)19)12-10-8-6-4-2;1-9(2)10(3,4)16-13(15-9)14-17-11(5,6)12(7,8)18-14;8-6-3-1-5(2-4-6)7(9)10/h21-30H,11-20H2,1-10H3;13-22H,3-12H2,1-2H3;13-14H,3-12H2,1-2H3;1-8H3;1-4,9-10H. The van der Waals surface area contributed by atoms with Crippen LogP contribution in [0, 0.1) is 0 Å². The Morgan fingerprint density at radius 2 is 0.453 bits per heavy atom. The summed E-state index contributed by atoms with van der Waals surface area (Å²) in [7, 11) is -3.06. The summed E-state index contributed by atoms with van der Waals surface area (Å²) in [6.07, 6.45) is 37.4. The molecule has 10 nitrogen and oxygen atoms in total. The molecule has 696 valence electrons. The summed E-state index contributed by atoms with van der Waals surface area (Å²) in [5, 5.41) is 19.4. The van der Waals surface area contributed by atoms with Gasteiger partial charge in [-0.05, 0) is 331 Å². The second-order valence-electron chi connectivity index (χ2n) is 39.8. The molecule has 0 unspecified atom stereocenters. The molecule has 8 aromatic rings. The van der Waals surface area contributed by atoms with Crippen LogP contribution >= 0.6 is 66.7 Å². The van der Waals surface area contributed by atoms with Crippen LogP contribution in [0.25, 0.3) is 44.5 Å². The van der Waals surface area contributed by atoms with Crippen LogP contribution in [0.4, 0.5) is 0 Å². The predicted molar refractivity (Wildman–Crippen MR) is 558 cm³/mol. The molecule has 0 aromatic heterocycles. The van der Waals surface area contributed by atoms with Gasteiger partial charge in [-0.15, -0.1) is 0 Å². The number of hydrogen-bond donors (Lipinski definition) is 2. The maximum absolute atomic E-state index is 8.63. The second-order valence-corrected chi connectivity index (χ2v) is 42.9. The number of unbranched alkanes of at least 4 members (excludes halogenated alkanes) is 18. The van der Waals surface area contributed by atoms with E-state index in [2.05, 4.69) is 238 Å². The molecule has 0 amide bonds. The SMILES string of the molecule is CC1(C)OB(B2OC(C)(C)C(C)(C)O2)OC1(C)C.CCCCCCc1cc(-c2ccc(B3OC(C)(C)C(C)(C)O3)cc2)c(CCCCCC)cc1-c1ccc(B2OC(C)(C)C(C)(C)O2)cc1.CCCCCCc1cc(-c2ccc(Cl)cc2)c(CCCCCC)cc1-c1ccc(Cl)cc1.CCCCCCc1cc(Br)c(CCCCCC)cc1Br.OB(O)c1ccc(Cl)cc1. The molecule has 0 bridgehead atoms. The minimum atomic E-state index is -1.41. The van der Waals surface area contributed by atoms with E-state index < -0.39 is 21.1 Å². The number of halogens is 5. The molecule has 0 spiro atoms. The quantitative estimate of drug-likeness (QED) is 0.0286. The lowest BCUT2D eigenvalue weighted by atomic mass is 9.49. The molecule has 4 aliphatic heterocycles. The maximum atomic E-state index is 8.63. The summed E-state index contributed by atoms with van der Waals surface area (Å²) in [5.74, 6) is 0. The van der Waals surface area contributed by atoms with Gasteiger partial charge in [-0.25, -0.2) is 0 Å². The molecule has 0 aliphatic carbocycles. The van der Waals surface area contributed by atoms with E-state index in [0.717, 1.165) is 46.7 Å². The molecule has 0 saturated carbocycles. The van der Waals surface area contributed by atoms with Gasteiger partial charge in [-0.3, -0.25) is 0 Å². The van der Waals surface area contributed by atoms with E-state index in [4.69, 9.17) is 82.1 Å². The maximum Gasteiger partial charge on any atom is 0.494 e. The summed E-state index contributed by atoms with van der Waals surface area (Å²) < 4.78 is 51.9. The molecule has 4 fully saturated rings. The molecular weight excluding hydrogens is 1780 g/mol. The van der Waals surface area contributed by atoms with Gasteiger partial charge in [-0.1, -0.05) is 333 Å². The first kappa shape index (κ1) is 109. The second kappa shape index (κ2) is 50.9. The number of rotatable bonds is 38. The highest BCUT2D eigenvalue weighted by atomic mass is 79.9. The van der Waals surface area contributed by atoms with Gasteiger partial charge in [0.05, 0.1) is 44.8 Å². The molecule has 0 radical (unpaired) electrons. The Morgan fingerprint density at radius 1 is 0.258 bits per heavy atom. The Bertz CT molecular complexity index is 4330. The monoisotopic (exact) mass is 1930 g/mol. The number of hydrogen-bond acceptors (Lipinski definition) is 10. The van der Waals surface area contributed by atoms with E-state index in [1.54, 1.807) is 24.3 Å². The van der Waals surface area contributed by atoms with Gasteiger partial charge < -0.3 is 47.3 Å². The molecular formula is C108H154B5Br2Cl3O10. The highest BCUT2D eigenvalue weighted by Gasteiger charge is 2.64. The average molecular weight is 1930 g/mol. The first-order chi connectivity index (χ1) is 60.6. The van der Waals surface area contributed by atoms with Gasteiger partial charge in [-0.2, -0.15) is 0 Å². The predicted octanol–water partition coefficient (Wildman–Crippen LogP) is 30.2. The lowest BCUT2D eigenvalue weighted by Gasteiger charge is -2.32. The molecule has 12 rings (SSSR count). The van der Waals surface area contributed by atoms with Crippen LogP contribution < -0.4 is 16.4 Å². The minimum Gasteiger partial charge on any atom is -0.423 e. The molecule has 8 aromatic carbocycles. The smallest absolute Gasteiger partial charge is 0.423 e. The zero-order valence-electron chi connectivity index (χ0n) is 82.2. The highest BCUT2D eigenvalue weighted by molar-refractivity contribution is 9.11. The van der Waals surface area contributed by atoms with Crippen molar-refractivity contribution in [3.63, 3.8) is 0 Å². The van der Waals surface area contributed by atoms with Crippen LogP contribution in [0.1, 0.15) is 340 Å². The molecule has 128 heavy (non-hydrogen) atoms.